The molecule has 0 aliphatic rings. The molecule has 0 saturated heterocycles. The Balaban J connectivity index is 2.41. The lowest BCUT2D eigenvalue weighted by Crippen LogP contribution is -2.19. The van der Waals surface area contributed by atoms with Crippen LogP contribution in [0, 0.1) is 0 Å². The third-order valence-corrected chi connectivity index (χ3v) is 2.38. The highest BCUT2D eigenvalue weighted by atomic mass is 16.5. The molecule has 17 heavy (non-hydrogen) atoms. The lowest BCUT2D eigenvalue weighted by molar-refractivity contribution is -0.146. The predicted molar refractivity (Wildman–Crippen MR) is 61.1 cm³/mol. The van der Waals surface area contributed by atoms with Crippen molar-refractivity contribution in [3.63, 3.8) is 0 Å². The second kappa shape index (κ2) is 4.36. The quantitative estimate of drug-likeness (QED) is 0.779. The summed E-state index contributed by atoms with van der Waals surface area (Å²) in [7, 11) is 0. The van der Waals surface area contributed by atoms with Gasteiger partial charge in [-0.15, -0.1) is 0 Å². The number of fused-ring (bicyclic) bond motifs is 1. The summed E-state index contributed by atoms with van der Waals surface area (Å²) in [5, 5.41) is 0. The van der Waals surface area contributed by atoms with Gasteiger partial charge >= 0.3 is 5.97 Å². The van der Waals surface area contributed by atoms with Crippen molar-refractivity contribution in [3.8, 4) is 0 Å². The maximum absolute atomic E-state index is 11.6. The summed E-state index contributed by atoms with van der Waals surface area (Å²) in [6.45, 7) is 3.82. The Bertz CT molecular complexity index is 551. The van der Waals surface area contributed by atoms with Crippen LogP contribution >= 0.6 is 0 Å². The van der Waals surface area contributed by atoms with Crippen molar-refractivity contribution in [2.45, 2.75) is 19.9 Å². The number of carbonyl (C=O) groups excluding carboxylic acids is 1. The number of imidazole rings is 1. The highest BCUT2D eigenvalue weighted by Crippen LogP contribution is 2.16. The van der Waals surface area contributed by atoms with Crippen LogP contribution < -0.4 is 5.73 Å². The Morgan fingerprint density at radius 2 is 2.35 bits per heavy atom. The number of rotatable bonds is 3. The first-order chi connectivity index (χ1) is 8.13. The summed E-state index contributed by atoms with van der Waals surface area (Å²) in [6, 6.07) is -0.491. The number of ether oxygens (including phenoxy) is 1. The van der Waals surface area contributed by atoms with Crippen LogP contribution in [0.25, 0.3) is 11.2 Å². The number of nitrogens with two attached hydrogens (primary N) is 1. The van der Waals surface area contributed by atoms with Crippen LogP contribution in [-0.4, -0.2) is 32.1 Å². The summed E-state index contributed by atoms with van der Waals surface area (Å²) in [4.78, 5) is 23.6. The fourth-order valence-electron chi connectivity index (χ4n) is 1.50. The molecule has 0 saturated carbocycles. The first-order valence-electron chi connectivity index (χ1n) is 5.25. The van der Waals surface area contributed by atoms with Crippen molar-refractivity contribution in [2.24, 2.45) is 0 Å². The molecular weight excluding hydrogens is 222 g/mol. The maximum Gasteiger partial charge on any atom is 0.328 e. The number of carbonyl (C=O) groups is 1. The van der Waals surface area contributed by atoms with E-state index in [1.165, 1.54) is 12.5 Å². The Labute approximate surface area is 97.6 Å². The van der Waals surface area contributed by atoms with Crippen molar-refractivity contribution >= 4 is 23.1 Å². The molecule has 0 aliphatic heterocycles. The fraction of sp³-hybridized carbons (Fsp3) is 0.400. The molecule has 90 valence electrons. The molecule has 0 amide bonds. The second-order valence-electron chi connectivity index (χ2n) is 3.52. The van der Waals surface area contributed by atoms with E-state index in [2.05, 4.69) is 15.0 Å². The zero-order valence-electron chi connectivity index (χ0n) is 9.62. The molecule has 0 radical (unpaired) electrons. The van der Waals surface area contributed by atoms with Crippen LogP contribution in [0.1, 0.15) is 19.9 Å². The van der Waals surface area contributed by atoms with Crippen LogP contribution in [-0.2, 0) is 9.53 Å². The minimum atomic E-state index is -0.491. The van der Waals surface area contributed by atoms with Crippen molar-refractivity contribution in [1.29, 1.82) is 0 Å². The molecule has 2 heterocycles. The predicted octanol–water partition coefficient (Wildman–Crippen LogP) is 0.533. The summed E-state index contributed by atoms with van der Waals surface area (Å²) >= 11 is 0. The molecule has 0 spiro atoms. The zero-order valence-corrected chi connectivity index (χ0v) is 9.62. The Kier molecular flexibility index (Phi) is 2.90. The topological polar surface area (TPSA) is 95.9 Å². The van der Waals surface area contributed by atoms with Crippen molar-refractivity contribution in [2.75, 3.05) is 12.3 Å². The van der Waals surface area contributed by atoms with Crippen molar-refractivity contribution in [1.82, 2.24) is 19.5 Å². The minimum Gasteiger partial charge on any atom is -0.464 e. The average Bonchev–Trinajstić information content (AvgIpc) is 2.71. The molecule has 2 N–H and O–H groups in total. The third-order valence-electron chi connectivity index (χ3n) is 2.38. The maximum atomic E-state index is 11.6. The molecule has 7 nitrogen and oxygen atoms in total. The summed E-state index contributed by atoms with van der Waals surface area (Å²) in [6.07, 6.45) is 3.05. The van der Waals surface area contributed by atoms with Crippen LogP contribution in [0.15, 0.2) is 12.5 Å². The van der Waals surface area contributed by atoms with Gasteiger partial charge in [-0.3, -0.25) is 0 Å². The summed E-state index contributed by atoms with van der Waals surface area (Å²) in [5.74, 6) is -0.181. The monoisotopic (exact) mass is 235 g/mol. The molecule has 1 atom stereocenters. The van der Waals surface area contributed by atoms with Crippen molar-refractivity contribution < 1.29 is 9.53 Å². The van der Waals surface area contributed by atoms with E-state index in [0.29, 0.717) is 17.8 Å². The van der Waals surface area contributed by atoms with Crippen molar-refractivity contribution in [3.05, 3.63) is 12.5 Å². The van der Waals surface area contributed by atoms with E-state index in [9.17, 15) is 4.79 Å². The fourth-order valence-corrected chi connectivity index (χ4v) is 1.50. The van der Waals surface area contributed by atoms with Gasteiger partial charge in [0.15, 0.2) is 5.65 Å². The molecule has 2 aromatic rings. The molecule has 0 fully saturated rings. The normalized spacial score (nSPS) is 12.6. The minimum absolute atomic E-state index is 0.148. The first-order valence-corrected chi connectivity index (χ1v) is 5.25. The average molecular weight is 235 g/mol. The van der Waals surface area contributed by atoms with Gasteiger partial charge in [-0.2, -0.15) is 4.98 Å². The van der Waals surface area contributed by atoms with E-state index >= 15 is 0 Å². The third kappa shape index (κ3) is 2.03. The molecule has 2 aromatic heterocycles. The van der Waals surface area contributed by atoms with Gasteiger partial charge in [0.2, 0.25) is 5.95 Å². The SMILES string of the molecule is CCOC(=O)C(C)n1cnc2cnc(N)nc21. The van der Waals surface area contributed by atoms with Gasteiger partial charge in [-0.05, 0) is 13.8 Å². The Hall–Kier alpha value is -2.18. The van der Waals surface area contributed by atoms with E-state index < -0.39 is 6.04 Å². The highest BCUT2D eigenvalue weighted by molar-refractivity contribution is 5.78. The molecule has 0 aliphatic carbocycles. The lowest BCUT2D eigenvalue weighted by atomic mass is 10.3. The lowest BCUT2D eigenvalue weighted by Gasteiger charge is -2.12. The number of nitrogen functional groups attached to an aromatic ring is 1. The number of anilines is 1. The highest BCUT2D eigenvalue weighted by Gasteiger charge is 2.19. The van der Waals surface area contributed by atoms with Gasteiger partial charge in [0.25, 0.3) is 0 Å². The van der Waals surface area contributed by atoms with Crippen LogP contribution in [0.4, 0.5) is 5.95 Å². The largest absolute Gasteiger partial charge is 0.464 e. The van der Waals surface area contributed by atoms with E-state index in [0.717, 1.165) is 0 Å². The zero-order chi connectivity index (χ0) is 12.4. The summed E-state index contributed by atoms with van der Waals surface area (Å²) in [5.41, 5.74) is 6.63. The molecular formula is C10H13N5O2. The van der Waals surface area contributed by atoms with Gasteiger partial charge in [0.1, 0.15) is 11.6 Å². The number of nitrogens with zero attached hydrogens (tertiary/aromatic N) is 4. The number of aromatic nitrogens is 4. The van der Waals surface area contributed by atoms with Crippen LogP contribution in [0.2, 0.25) is 0 Å². The van der Waals surface area contributed by atoms with Gasteiger partial charge in [-0.25, -0.2) is 14.8 Å². The second-order valence-corrected chi connectivity index (χ2v) is 3.52. The molecule has 0 aromatic carbocycles. The number of esters is 1. The molecule has 1 unspecified atom stereocenters. The Morgan fingerprint density at radius 1 is 1.59 bits per heavy atom. The molecule has 0 bridgehead atoms. The standard InChI is InChI=1S/C10H13N5O2/c1-3-17-9(16)6(2)15-5-13-7-4-12-10(11)14-8(7)15/h4-6H,3H2,1-2H3,(H2,11,12,14). The van der Waals surface area contributed by atoms with Gasteiger partial charge in [0.05, 0.1) is 19.1 Å². The van der Waals surface area contributed by atoms with Crippen LogP contribution in [0.3, 0.4) is 0 Å². The smallest absolute Gasteiger partial charge is 0.328 e. The van der Waals surface area contributed by atoms with E-state index in [-0.39, 0.29) is 11.9 Å². The molecule has 2 rings (SSSR count). The molecule has 7 heteroatoms. The van der Waals surface area contributed by atoms with Gasteiger partial charge in [0, 0.05) is 0 Å². The van der Waals surface area contributed by atoms with E-state index in [1.54, 1.807) is 18.4 Å². The van der Waals surface area contributed by atoms with Gasteiger partial charge in [-0.1, -0.05) is 0 Å². The summed E-state index contributed by atoms with van der Waals surface area (Å²) < 4.78 is 6.56. The first kappa shape index (κ1) is 11.3. The number of hydrogen-bond donors (Lipinski definition) is 1. The van der Waals surface area contributed by atoms with Crippen LogP contribution in [0.5, 0.6) is 0 Å². The van der Waals surface area contributed by atoms with E-state index in [1.807, 2.05) is 0 Å². The number of hydrogen-bond acceptors (Lipinski definition) is 6. The van der Waals surface area contributed by atoms with E-state index in [4.69, 9.17) is 10.5 Å². The van der Waals surface area contributed by atoms with Gasteiger partial charge < -0.3 is 15.0 Å². The Morgan fingerprint density at radius 3 is 3.06 bits per heavy atom.